The molecule has 0 saturated heterocycles. The van der Waals surface area contributed by atoms with Gasteiger partial charge in [0.2, 0.25) is 0 Å². The van der Waals surface area contributed by atoms with Crippen LogP contribution in [-0.2, 0) is 4.79 Å². The summed E-state index contributed by atoms with van der Waals surface area (Å²) in [6.07, 6.45) is -9.07. The monoisotopic (exact) mass is 626 g/mol. The summed E-state index contributed by atoms with van der Waals surface area (Å²) in [7, 11) is 0. The van der Waals surface area contributed by atoms with Gasteiger partial charge < -0.3 is 15.4 Å². The molecule has 0 saturated carbocycles. The van der Waals surface area contributed by atoms with Gasteiger partial charge in [-0.05, 0) is 42.8 Å². The average molecular weight is 628 g/mol. The molecule has 0 fully saturated rings. The highest BCUT2D eigenvalue weighted by Gasteiger charge is 2.40. The molecule has 2 N–H and O–H groups in total. The van der Waals surface area contributed by atoms with E-state index in [1.807, 2.05) is 5.32 Å². The summed E-state index contributed by atoms with van der Waals surface area (Å²) in [5.74, 6) is -4.81. The van der Waals surface area contributed by atoms with Crippen molar-refractivity contribution in [2.75, 3.05) is 6.54 Å². The van der Waals surface area contributed by atoms with Crippen LogP contribution in [0.15, 0.2) is 36.4 Å². The minimum atomic E-state index is -4.96. The van der Waals surface area contributed by atoms with Crippen molar-refractivity contribution in [2.24, 2.45) is 0 Å². The summed E-state index contributed by atoms with van der Waals surface area (Å²) in [5.41, 5.74) is -1.20. The van der Waals surface area contributed by atoms with Crippen molar-refractivity contribution in [3.05, 3.63) is 73.2 Å². The Morgan fingerprint density at radius 1 is 0.947 bits per heavy atom. The van der Waals surface area contributed by atoms with Crippen molar-refractivity contribution >= 4 is 64.4 Å². The fourth-order valence-corrected chi connectivity index (χ4v) is 3.90. The number of rotatable bonds is 9. The Hall–Kier alpha value is -2.05. The zero-order valence-corrected chi connectivity index (χ0v) is 22.0. The number of alkyl halides is 6. The van der Waals surface area contributed by atoms with Gasteiger partial charge in [0.1, 0.15) is 24.1 Å². The third-order valence-corrected chi connectivity index (χ3v) is 6.65. The van der Waals surface area contributed by atoms with Gasteiger partial charge >= 0.3 is 12.4 Å². The molecular formula is C23H17Cl4F7N2O2. The normalized spacial score (nSPS) is 15.1. The minimum Gasteiger partial charge on any atom is -0.341 e. The zero-order chi connectivity index (χ0) is 29.0. The van der Waals surface area contributed by atoms with E-state index in [2.05, 4.69) is 5.32 Å². The van der Waals surface area contributed by atoms with Gasteiger partial charge in [0.15, 0.2) is 0 Å². The van der Waals surface area contributed by atoms with Crippen LogP contribution in [0.4, 0.5) is 30.7 Å². The van der Waals surface area contributed by atoms with E-state index < -0.39 is 64.8 Å². The molecule has 208 valence electrons. The second-order valence-electron chi connectivity index (χ2n) is 7.91. The second kappa shape index (κ2) is 12.9. The average Bonchev–Trinajstić information content (AvgIpc) is 2.81. The van der Waals surface area contributed by atoms with Crippen LogP contribution in [0, 0.1) is 0 Å². The molecule has 0 spiro atoms. The lowest BCUT2D eigenvalue weighted by molar-refractivity contribution is -0.151. The van der Waals surface area contributed by atoms with Crippen LogP contribution in [-0.4, -0.2) is 43.2 Å². The van der Waals surface area contributed by atoms with Gasteiger partial charge in [-0.25, -0.2) is 4.39 Å². The van der Waals surface area contributed by atoms with Crippen molar-refractivity contribution in [1.29, 1.82) is 0 Å². The van der Waals surface area contributed by atoms with Gasteiger partial charge in [0.05, 0.1) is 31.7 Å². The molecule has 3 unspecified atom stereocenters. The molecule has 2 aromatic carbocycles. The molecule has 0 aromatic heterocycles. The first-order chi connectivity index (χ1) is 17.4. The van der Waals surface area contributed by atoms with Crippen LogP contribution >= 0.6 is 46.4 Å². The minimum absolute atomic E-state index is 0.175. The highest BCUT2D eigenvalue weighted by molar-refractivity contribution is 6.48. The van der Waals surface area contributed by atoms with Crippen LogP contribution in [0.25, 0.3) is 5.83 Å². The number of aldehydes is 1. The first-order valence-electron chi connectivity index (χ1n) is 10.4. The van der Waals surface area contributed by atoms with Crippen LogP contribution in [0.2, 0.25) is 20.1 Å². The summed E-state index contributed by atoms with van der Waals surface area (Å²) < 4.78 is 93.9. The predicted molar refractivity (Wildman–Crippen MR) is 132 cm³/mol. The maximum atomic E-state index is 14.9. The number of allylic oxidation sites excluding steroid dienone is 1. The molecule has 2 aromatic rings. The summed E-state index contributed by atoms with van der Waals surface area (Å²) in [4.78, 5) is 23.6. The smallest absolute Gasteiger partial charge is 0.341 e. The Bertz CT molecular complexity index is 1200. The second-order valence-corrected chi connectivity index (χ2v) is 9.51. The molecule has 2 rings (SSSR count). The quantitative estimate of drug-likeness (QED) is 0.169. The number of hydrogen-bond acceptors (Lipinski definition) is 3. The van der Waals surface area contributed by atoms with Crippen molar-refractivity contribution in [3.63, 3.8) is 0 Å². The predicted octanol–water partition coefficient (Wildman–Crippen LogP) is 7.79. The van der Waals surface area contributed by atoms with E-state index >= 15 is 0 Å². The standard InChI is InChI=1S/C23H17Cl4F7N2O2/c1-10(22(29,30)31)35-8-13(9-37)36-21(38)14-3-2-11(4-16(14)24)19(28)7-15(23(32,33)34)12-5-17(25)20(27)18(26)6-12/h2-7,9-10,13,15,35H,8H2,1H3,(H,36,38)/b19-7-. The van der Waals surface area contributed by atoms with E-state index in [0.717, 1.165) is 37.3 Å². The van der Waals surface area contributed by atoms with Gasteiger partial charge in [0, 0.05) is 12.1 Å². The van der Waals surface area contributed by atoms with Gasteiger partial charge in [-0.2, -0.15) is 26.3 Å². The van der Waals surface area contributed by atoms with Crippen LogP contribution in [0.1, 0.15) is 34.3 Å². The topological polar surface area (TPSA) is 58.2 Å². The third-order valence-electron chi connectivity index (χ3n) is 5.14. The maximum Gasteiger partial charge on any atom is 0.403 e. The molecule has 3 atom stereocenters. The molecular weight excluding hydrogens is 611 g/mol. The number of amides is 1. The van der Waals surface area contributed by atoms with Crippen LogP contribution in [0.3, 0.4) is 0 Å². The van der Waals surface area contributed by atoms with E-state index in [1.165, 1.54) is 0 Å². The fourth-order valence-electron chi connectivity index (χ4n) is 3.02. The largest absolute Gasteiger partial charge is 0.403 e. The van der Waals surface area contributed by atoms with Crippen LogP contribution < -0.4 is 10.6 Å². The molecule has 0 aliphatic heterocycles. The molecule has 0 aliphatic rings. The number of halogens is 11. The number of carbonyl (C=O) groups excluding carboxylic acids is 2. The van der Waals surface area contributed by atoms with Crippen molar-refractivity contribution in [1.82, 2.24) is 10.6 Å². The van der Waals surface area contributed by atoms with E-state index in [1.54, 1.807) is 0 Å². The number of hydrogen-bond donors (Lipinski definition) is 2. The molecule has 0 bridgehead atoms. The first kappa shape index (κ1) is 32.2. The van der Waals surface area contributed by atoms with Crippen LogP contribution in [0.5, 0.6) is 0 Å². The summed E-state index contributed by atoms with van der Waals surface area (Å²) in [6, 6.07) is 1.27. The SMILES string of the molecule is CC(NCC(C=O)NC(=O)c1ccc(/C(F)=C/C(c2cc(Cl)c(Cl)c(Cl)c2)C(F)(F)F)cc1Cl)C(F)(F)F. The van der Waals surface area contributed by atoms with Gasteiger partial charge in [-0.1, -0.05) is 52.5 Å². The van der Waals surface area contributed by atoms with Crippen molar-refractivity contribution in [2.45, 2.75) is 37.3 Å². The van der Waals surface area contributed by atoms with Crippen molar-refractivity contribution < 1.29 is 40.3 Å². The Labute approximate surface area is 232 Å². The van der Waals surface area contributed by atoms with E-state index in [9.17, 15) is 40.3 Å². The number of nitrogens with one attached hydrogen (secondary N) is 2. The Morgan fingerprint density at radius 2 is 1.53 bits per heavy atom. The molecule has 0 aliphatic carbocycles. The lowest BCUT2D eigenvalue weighted by atomic mass is 9.96. The summed E-state index contributed by atoms with van der Waals surface area (Å²) in [5, 5.41) is 3.09. The highest BCUT2D eigenvalue weighted by Crippen LogP contribution is 2.42. The lowest BCUT2D eigenvalue weighted by Crippen LogP contribution is -2.48. The summed E-state index contributed by atoms with van der Waals surface area (Å²) in [6.45, 7) is 0.265. The highest BCUT2D eigenvalue weighted by atomic mass is 35.5. The van der Waals surface area contributed by atoms with E-state index in [0.29, 0.717) is 0 Å². The fraction of sp³-hybridized carbons (Fsp3) is 0.304. The van der Waals surface area contributed by atoms with E-state index in [4.69, 9.17) is 46.4 Å². The third kappa shape index (κ3) is 8.47. The molecule has 4 nitrogen and oxygen atoms in total. The van der Waals surface area contributed by atoms with Gasteiger partial charge in [0.25, 0.3) is 5.91 Å². The number of benzene rings is 2. The zero-order valence-electron chi connectivity index (χ0n) is 19.0. The first-order valence-corrected chi connectivity index (χ1v) is 11.9. The Morgan fingerprint density at radius 3 is 2.00 bits per heavy atom. The molecule has 1 amide bonds. The summed E-state index contributed by atoms with van der Waals surface area (Å²) >= 11 is 23.4. The lowest BCUT2D eigenvalue weighted by Gasteiger charge is -2.20. The molecule has 38 heavy (non-hydrogen) atoms. The Kier molecular flexibility index (Phi) is 10.9. The molecule has 0 heterocycles. The van der Waals surface area contributed by atoms with Crippen molar-refractivity contribution in [3.8, 4) is 0 Å². The van der Waals surface area contributed by atoms with Gasteiger partial charge in [-0.3, -0.25) is 4.79 Å². The number of carbonyl (C=O) groups is 2. The van der Waals surface area contributed by atoms with Gasteiger partial charge in [-0.15, -0.1) is 0 Å². The molecule has 15 heteroatoms. The molecule has 0 radical (unpaired) electrons. The maximum absolute atomic E-state index is 14.9. The van der Waals surface area contributed by atoms with E-state index in [-0.39, 0.29) is 33.0 Å². The Balaban J connectivity index is 2.27.